The van der Waals surface area contributed by atoms with Gasteiger partial charge in [0, 0.05) is 30.4 Å². The fourth-order valence-corrected chi connectivity index (χ4v) is 3.12. The van der Waals surface area contributed by atoms with Crippen LogP contribution in [0.5, 0.6) is 0 Å². The second-order valence-electron chi connectivity index (χ2n) is 5.45. The van der Waals surface area contributed by atoms with Crippen molar-refractivity contribution in [3.8, 4) is 0 Å². The van der Waals surface area contributed by atoms with Crippen LogP contribution in [-0.2, 0) is 11.3 Å². The minimum absolute atomic E-state index is 0.109. The summed E-state index contributed by atoms with van der Waals surface area (Å²) in [7, 11) is 0. The quantitative estimate of drug-likeness (QED) is 0.877. The number of nitrogens with one attached hydrogen (secondary N) is 1. The van der Waals surface area contributed by atoms with Crippen LogP contribution in [0.1, 0.15) is 31.2 Å². The summed E-state index contributed by atoms with van der Waals surface area (Å²) in [6.45, 7) is 0.778. The van der Waals surface area contributed by atoms with Crippen LogP contribution in [0.2, 0.25) is 0 Å². The number of carboxylic acids is 1. The van der Waals surface area contributed by atoms with Crippen molar-refractivity contribution in [2.45, 2.75) is 38.3 Å². The third-order valence-corrected chi connectivity index (χ3v) is 4.09. The van der Waals surface area contributed by atoms with Crippen molar-refractivity contribution >= 4 is 17.0 Å². The lowest BCUT2D eigenvalue weighted by Gasteiger charge is -2.26. The molecule has 1 aliphatic rings. The fourth-order valence-electron chi connectivity index (χ4n) is 3.12. The zero-order chi connectivity index (χ0) is 13.9. The van der Waals surface area contributed by atoms with Gasteiger partial charge in [-0.05, 0) is 30.5 Å². The van der Waals surface area contributed by atoms with Crippen molar-refractivity contribution in [1.82, 2.24) is 14.9 Å². The lowest BCUT2D eigenvalue weighted by Crippen LogP contribution is -2.36. The van der Waals surface area contributed by atoms with Gasteiger partial charge in [0.1, 0.15) is 5.65 Å². The van der Waals surface area contributed by atoms with E-state index in [1.807, 2.05) is 18.3 Å². The van der Waals surface area contributed by atoms with Gasteiger partial charge in [-0.2, -0.15) is 0 Å². The fraction of sp³-hybridized carbons (Fsp3) is 0.467. The molecule has 1 aliphatic carbocycles. The van der Waals surface area contributed by atoms with E-state index < -0.39 is 5.97 Å². The molecule has 1 fully saturated rings. The zero-order valence-corrected chi connectivity index (χ0v) is 11.4. The maximum absolute atomic E-state index is 11.1. The van der Waals surface area contributed by atoms with E-state index in [1.54, 1.807) is 6.20 Å². The Morgan fingerprint density at radius 1 is 1.45 bits per heavy atom. The van der Waals surface area contributed by atoms with Crippen molar-refractivity contribution in [2.75, 3.05) is 6.54 Å². The first kappa shape index (κ1) is 13.1. The number of carboxylic acid groups (broad SMARTS) is 1. The molecule has 20 heavy (non-hydrogen) atoms. The van der Waals surface area contributed by atoms with Gasteiger partial charge >= 0.3 is 5.97 Å². The van der Waals surface area contributed by atoms with Crippen LogP contribution in [0, 0.1) is 0 Å². The van der Waals surface area contributed by atoms with Crippen LogP contribution >= 0.6 is 0 Å². The van der Waals surface area contributed by atoms with Crippen molar-refractivity contribution < 1.29 is 9.90 Å². The van der Waals surface area contributed by atoms with Gasteiger partial charge in [-0.3, -0.25) is 9.69 Å². The van der Waals surface area contributed by atoms with E-state index in [0.29, 0.717) is 12.6 Å². The SMILES string of the molecule is O=C(O)CN(Cc1c[nH]c2ncccc12)C1CCCC1. The van der Waals surface area contributed by atoms with E-state index in [4.69, 9.17) is 5.11 Å². The third kappa shape index (κ3) is 2.67. The summed E-state index contributed by atoms with van der Waals surface area (Å²) in [5, 5.41) is 10.2. The summed E-state index contributed by atoms with van der Waals surface area (Å²) in [4.78, 5) is 20.6. The molecule has 3 rings (SSSR count). The molecular formula is C15H19N3O2. The number of nitrogens with zero attached hydrogens (tertiary/aromatic N) is 2. The Balaban J connectivity index is 1.83. The van der Waals surface area contributed by atoms with Crippen LogP contribution in [0.25, 0.3) is 11.0 Å². The molecule has 2 N–H and O–H groups in total. The van der Waals surface area contributed by atoms with Gasteiger partial charge in [0.2, 0.25) is 0 Å². The Kier molecular flexibility index (Phi) is 3.69. The molecule has 106 valence electrons. The molecule has 5 nitrogen and oxygen atoms in total. The summed E-state index contributed by atoms with van der Waals surface area (Å²) >= 11 is 0. The third-order valence-electron chi connectivity index (χ3n) is 4.09. The lowest BCUT2D eigenvalue weighted by molar-refractivity contribution is -0.139. The van der Waals surface area contributed by atoms with Crippen molar-refractivity contribution in [3.05, 3.63) is 30.1 Å². The van der Waals surface area contributed by atoms with E-state index in [1.165, 1.54) is 12.8 Å². The summed E-state index contributed by atoms with van der Waals surface area (Å²) in [5.74, 6) is -0.755. The molecule has 0 radical (unpaired) electrons. The summed E-state index contributed by atoms with van der Waals surface area (Å²) in [6.07, 6.45) is 8.32. The number of aliphatic carboxylic acids is 1. The lowest BCUT2D eigenvalue weighted by atomic mass is 10.1. The van der Waals surface area contributed by atoms with Gasteiger partial charge in [0.25, 0.3) is 0 Å². The molecule has 0 bridgehead atoms. The molecule has 2 aromatic rings. The predicted molar refractivity (Wildman–Crippen MR) is 76.4 cm³/mol. The average molecular weight is 273 g/mol. The van der Waals surface area contributed by atoms with Crippen LogP contribution in [-0.4, -0.2) is 38.5 Å². The van der Waals surface area contributed by atoms with E-state index in [2.05, 4.69) is 14.9 Å². The highest BCUT2D eigenvalue weighted by Crippen LogP contribution is 2.26. The zero-order valence-electron chi connectivity index (χ0n) is 11.4. The van der Waals surface area contributed by atoms with Crippen molar-refractivity contribution in [3.63, 3.8) is 0 Å². The molecule has 0 aliphatic heterocycles. The van der Waals surface area contributed by atoms with Gasteiger partial charge < -0.3 is 10.1 Å². The van der Waals surface area contributed by atoms with Crippen molar-refractivity contribution in [2.24, 2.45) is 0 Å². The number of aromatic nitrogens is 2. The number of carbonyl (C=O) groups is 1. The van der Waals surface area contributed by atoms with Crippen LogP contribution in [0.4, 0.5) is 0 Å². The monoisotopic (exact) mass is 273 g/mol. The molecule has 2 aromatic heterocycles. The minimum Gasteiger partial charge on any atom is -0.480 e. The number of aromatic amines is 1. The molecular weight excluding hydrogens is 254 g/mol. The van der Waals surface area contributed by atoms with Gasteiger partial charge in [-0.15, -0.1) is 0 Å². The number of rotatable bonds is 5. The normalized spacial score (nSPS) is 16.2. The smallest absolute Gasteiger partial charge is 0.317 e. The number of pyridine rings is 1. The Hall–Kier alpha value is -1.88. The van der Waals surface area contributed by atoms with Crippen LogP contribution in [0.3, 0.4) is 0 Å². The molecule has 0 spiro atoms. The number of hydrogen-bond acceptors (Lipinski definition) is 3. The Labute approximate surface area is 117 Å². The predicted octanol–water partition coefficient (Wildman–Crippen LogP) is 2.39. The largest absolute Gasteiger partial charge is 0.480 e. The van der Waals surface area contributed by atoms with E-state index >= 15 is 0 Å². The maximum Gasteiger partial charge on any atom is 0.317 e. The van der Waals surface area contributed by atoms with Crippen LogP contribution in [0.15, 0.2) is 24.5 Å². The Morgan fingerprint density at radius 3 is 3.00 bits per heavy atom. The molecule has 1 saturated carbocycles. The summed E-state index contributed by atoms with van der Waals surface area (Å²) in [6, 6.07) is 4.34. The summed E-state index contributed by atoms with van der Waals surface area (Å²) < 4.78 is 0. The first-order valence-corrected chi connectivity index (χ1v) is 7.11. The highest BCUT2D eigenvalue weighted by molar-refractivity contribution is 5.79. The molecule has 0 amide bonds. The molecule has 0 unspecified atom stereocenters. The van der Waals surface area contributed by atoms with Crippen LogP contribution < -0.4 is 0 Å². The molecule has 5 heteroatoms. The second-order valence-corrected chi connectivity index (χ2v) is 5.45. The van der Waals surface area contributed by atoms with Gasteiger partial charge in [-0.1, -0.05) is 12.8 Å². The maximum atomic E-state index is 11.1. The van der Waals surface area contributed by atoms with Gasteiger partial charge in [0.15, 0.2) is 0 Å². The van der Waals surface area contributed by atoms with Crippen molar-refractivity contribution in [1.29, 1.82) is 0 Å². The highest BCUT2D eigenvalue weighted by Gasteiger charge is 2.25. The number of H-pyrrole nitrogens is 1. The molecule has 0 aromatic carbocycles. The first-order chi connectivity index (χ1) is 9.74. The second kappa shape index (κ2) is 5.63. The highest BCUT2D eigenvalue weighted by atomic mass is 16.4. The number of fused-ring (bicyclic) bond motifs is 1. The first-order valence-electron chi connectivity index (χ1n) is 7.11. The van der Waals surface area contributed by atoms with Gasteiger partial charge in [0.05, 0.1) is 6.54 Å². The standard InChI is InChI=1S/C15H19N3O2/c19-14(20)10-18(12-4-1-2-5-12)9-11-8-17-15-13(11)6-3-7-16-15/h3,6-8,12H,1-2,4-5,9-10H2,(H,16,17)(H,19,20). The minimum atomic E-state index is -0.755. The Bertz CT molecular complexity index is 602. The molecule has 0 atom stereocenters. The van der Waals surface area contributed by atoms with E-state index in [-0.39, 0.29) is 6.54 Å². The Morgan fingerprint density at radius 2 is 2.25 bits per heavy atom. The average Bonchev–Trinajstić information content (AvgIpc) is 3.07. The number of hydrogen-bond donors (Lipinski definition) is 2. The van der Waals surface area contributed by atoms with E-state index in [0.717, 1.165) is 29.4 Å². The molecule has 0 saturated heterocycles. The van der Waals surface area contributed by atoms with E-state index in [9.17, 15) is 4.79 Å². The van der Waals surface area contributed by atoms with Gasteiger partial charge in [-0.25, -0.2) is 4.98 Å². The summed E-state index contributed by atoms with van der Waals surface area (Å²) in [5.41, 5.74) is 1.99. The molecule has 2 heterocycles. The topological polar surface area (TPSA) is 69.2 Å².